The topological polar surface area (TPSA) is 48.7 Å². The van der Waals surface area contributed by atoms with Gasteiger partial charge in [-0.25, -0.2) is 0 Å². The average molecular weight is 381 g/mol. The highest BCUT2D eigenvalue weighted by Gasteiger charge is 2.29. The fourth-order valence-corrected chi connectivity index (χ4v) is 3.66. The van der Waals surface area contributed by atoms with Gasteiger partial charge in [0.1, 0.15) is 16.9 Å². The molecule has 1 aliphatic rings. The van der Waals surface area contributed by atoms with Crippen LogP contribution in [0, 0.1) is 0 Å². The van der Waals surface area contributed by atoms with Gasteiger partial charge in [0.05, 0.1) is 6.61 Å². The molecule has 0 aliphatic carbocycles. The summed E-state index contributed by atoms with van der Waals surface area (Å²) >= 11 is 3.53. The maximum Gasteiger partial charge on any atom is 0.302 e. The van der Waals surface area contributed by atoms with E-state index in [1.54, 1.807) is 0 Å². The number of halogens is 1. The average Bonchev–Trinajstić information content (AvgIpc) is 2.78. The van der Waals surface area contributed by atoms with Crippen molar-refractivity contribution in [2.75, 3.05) is 6.61 Å². The predicted molar refractivity (Wildman–Crippen MR) is 91.9 cm³/mol. The fourth-order valence-electron chi connectivity index (χ4n) is 3.09. The van der Waals surface area contributed by atoms with Crippen LogP contribution in [0.15, 0.2) is 21.2 Å². The molecule has 124 valence electrons. The quantitative estimate of drug-likeness (QED) is 0.564. The van der Waals surface area contributed by atoms with Crippen molar-refractivity contribution in [3.63, 3.8) is 0 Å². The smallest absolute Gasteiger partial charge is 0.302 e. The summed E-state index contributed by atoms with van der Waals surface area (Å²) < 4.78 is 17.8. The summed E-state index contributed by atoms with van der Waals surface area (Å²) in [6, 6.07) is 3.97. The van der Waals surface area contributed by atoms with Gasteiger partial charge in [-0.2, -0.15) is 0 Å². The van der Waals surface area contributed by atoms with Gasteiger partial charge in [-0.15, -0.1) is 0 Å². The highest BCUT2D eigenvalue weighted by Crippen LogP contribution is 2.42. The van der Waals surface area contributed by atoms with Crippen LogP contribution in [-0.4, -0.2) is 18.2 Å². The summed E-state index contributed by atoms with van der Waals surface area (Å²) in [5.74, 6) is 0.706. The molecule has 0 atom stereocenters. The van der Waals surface area contributed by atoms with Gasteiger partial charge in [0.25, 0.3) is 0 Å². The lowest BCUT2D eigenvalue weighted by atomic mass is 9.91. The summed E-state index contributed by atoms with van der Waals surface area (Å²) in [7, 11) is 0. The van der Waals surface area contributed by atoms with Crippen LogP contribution in [0.25, 0.3) is 11.0 Å². The third-order valence-electron chi connectivity index (χ3n) is 4.21. The van der Waals surface area contributed by atoms with Crippen LogP contribution in [0.2, 0.25) is 0 Å². The molecule has 0 saturated carbocycles. The fraction of sp³-hybridized carbons (Fsp3) is 0.500. The van der Waals surface area contributed by atoms with Gasteiger partial charge in [0, 0.05) is 23.4 Å². The van der Waals surface area contributed by atoms with Crippen molar-refractivity contribution < 1.29 is 18.7 Å². The normalized spacial score (nSPS) is 16.0. The summed E-state index contributed by atoms with van der Waals surface area (Å²) in [6.45, 7) is 6.09. The van der Waals surface area contributed by atoms with E-state index in [0.29, 0.717) is 6.61 Å². The first kappa shape index (κ1) is 16.4. The minimum absolute atomic E-state index is 0.128. The molecule has 0 bridgehead atoms. The molecule has 2 aromatic rings. The maximum absolute atomic E-state index is 10.9. The first-order valence-corrected chi connectivity index (χ1v) is 8.72. The van der Waals surface area contributed by atoms with E-state index in [-0.39, 0.29) is 11.6 Å². The molecular formula is C18H21BrO4. The molecule has 0 radical (unpaired) electrons. The Balaban J connectivity index is 1.92. The van der Waals surface area contributed by atoms with E-state index in [1.165, 1.54) is 12.5 Å². The van der Waals surface area contributed by atoms with Crippen LogP contribution in [-0.2, 0) is 22.4 Å². The van der Waals surface area contributed by atoms with Crippen molar-refractivity contribution in [2.45, 2.75) is 52.1 Å². The van der Waals surface area contributed by atoms with Gasteiger partial charge >= 0.3 is 5.97 Å². The zero-order valence-electron chi connectivity index (χ0n) is 13.7. The molecule has 4 nitrogen and oxygen atoms in total. The van der Waals surface area contributed by atoms with E-state index in [1.807, 2.05) is 12.1 Å². The van der Waals surface area contributed by atoms with E-state index in [4.69, 9.17) is 13.9 Å². The molecule has 1 aromatic heterocycles. The summed E-state index contributed by atoms with van der Waals surface area (Å²) in [5, 5.41) is 1.15. The molecule has 1 aliphatic heterocycles. The second-order valence-corrected chi connectivity index (χ2v) is 7.30. The molecule has 0 saturated heterocycles. The third kappa shape index (κ3) is 3.39. The molecule has 0 spiro atoms. The van der Waals surface area contributed by atoms with E-state index in [0.717, 1.165) is 52.6 Å². The van der Waals surface area contributed by atoms with Crippen molar-refractivity contribution >= 4 is 32.9 Å². The number of rotatable bonds is 4. The molecule has 0 fully saturated rings. The van der Waals surface area contributed by atoms with Gasteiger partial charge in [-0.3, -0.25) is 4.79 Å². The Morgan fingerprint density at radius 3 is 2.91 bits per heavy atom. The number of esters is 1. The van der Waals surface area contributed by atoms with Crippen LogP contribution in [0.4, 0.5) is 0 Å². The number of furan rings is 1. The van der Waals surface area contributed by atoms with Crippen molar-refractivity contribution in [3.05, 3.63) is 27.9 Å². The number of carbonyl (C=O) groups is 1. The first-order chi connectivity index (χ1) is 10.9. The van der Waals surface area contributed by atoms with Gasteiger partial charge in [0.15, 0.2) is 4.67 Å². The van der Waals surface area contributed by atoms with Gasteiger partial charge in [-0.05, 0) is 67.6 Å². The van der Waals surface area contributed by atoms with Crippen LogP contribution in [0.1, 0.15) is 44.7 Å². The number of carbonyl (C=O) groups excluding carboxylic acids is 1. The number of aryl methyl sites for hydroxylation is 2. The Bertz CT molecular complexity index is 745. The highest BCUT2D eigenvalue weighted by molar-refractivity contribution is 9.10. The summed E-state index contributed by atoms with van der Waals surface area (Å²) in [5.41, 5.74) is 3.10. The number of ether oxygens (including phenoxy) is 2. The summed E-state index contributed by atoms with van der Waals surface area (Å²) in [6.07, 6.45) is 3.51. The van der Waals surface area contributed by atoms with Crippen LogP contribution in [0.5, 0.6) is 5.75 Å². The molecule has 2 heterocycles. The lowest BCUT2D eigenvalue weighted by Gasteiger charge is -2.32. The number of hydrogen-bond acceptors (Lipinski definition) is 4. The zero-order valence-corrected chi connectivity index (χ0v) is 15.3. The largest absolute Gasteiger partial charge is 0.488 e. The maximum atomic E-state index is 10.9. The minimum Gasteiger partial charge on any atom is -0.488 e. The van der Waals surface area contributed by atoms with E-state index < -0.39 is 0 Å². The highest BCUT2D eigenvalue weighted by atomic mass is 79.9. The molecule has 0 amide bonds. The second kappa shape index (κ2) is 6.19. The van der Waals surface area contributed by atoms with Crippen LogP contribution < -0.4 is 4.74 Å². The number of benzene rings is 1. The lowest BCUT2D eigenvalue weighted by molar-refractivity contribution is -0.141. The second-order valence-electron chi connectivity index (χ2n) is 6.58. The molecular weight excluding hydrogens is 360 g/mol. The predicted octanol–water partition coefficient (Wildman–Crippen LogP) is 4.79. The van der Waals surface area contributed by atoms with Crippen LogP contribution in [0.3, 0.4) is 0 Å². The zero-order chi connectivity index (χ0) is 16.6. The Labute approximate surface area is 144 Å². The van der Waals surface area contributed by atoms with Gasteiger partial charge < -0.3 is 13.9 Å². The Morgan fingerprint density at radius 1 is 1.39 bits per heavy atom. The van der Waals surface area contributed by atoms with Gasteiger partial charge in [-0.1, -0.05) is 0 Å². The SMILES string of the molecule is CC(=O)OCCCc1c(Br)oc2ccc3c(c12)CCC(C)(C)O3. The Hall–Kier alpha value is -1.49. The van der Waals surface area contributed by atoms with E-state index >= 15 is 0 Å². The lowest BCUT2D eigenvalue weighted by Crippen LogP contribution is -2.32. The monoisotopic (exact) mass is 380 g/mol. The number of hydrogen-bond donors (Lipinski definition) is 0. The van der Waals surface area contributed by atoms with E-state index in [9.17, 15) is 4.79 Å². The summed E-state index contributed by atoms with van der Waals surface area (Å²) in [4.78, 5) is 10.9. The van der Waals surface area contributed by atoms with Crippen molar-refractivity contribution in [1.29, 1.82) is 0 Å². The molecule has 5 heteroatoms. The Morgan fingerprint density at radius 2 is 2.17 bits per heavy atom. The van der Waals surface area contributed by atoms with Crippen LogP contribution >= 0.6 is 15.9 Å². The standard InChI is InChI=1S/C18H21BrO4/c1-11(20)21-10-4-5-13-16-12-8-9-18(2,3)23-14(12)6-7-15(16)22-17(13)19/h6-7H,4-5,8-10H2,1-3H3. The third-order valence-corrected chi connectivity index (χ3v) is 4.85. The molecule has 1 aromatic carbocycles. The van der Waals surface area contributed by atoms with Crippen molar-refractivity contribution in [1.82, 2.24) is 0 Å². The molecule has 0 N–H and O–H groups in total. The van der Waals surface area contributed by atoms with Crippen molar-refractivity contribution in [2.24, 2.45) is 0 Å². The molecule has 0 unspecified atom stereocenters. The Kier molecular flexibility index (Phi) is 4.41. The molecule has 23 heavy (non-hydrogen) atoms. The number of fused-ring (bicyclic) bond motifs is 3. The molecule has 3 rings (SSSR count). The first-order valence-electron chi connectivity index (χ1n) is 7.92. The van der Waals surface area contributed by atoms with Crippen molar-refractivity contribution in [3.8, 4) is 5.75 Å². The van der Waals surface area contributed by atoms with Gasteiger partial charge in [0.2, 0.25) is 0 Å². The minimum atomic E-state index is -0.242. The van der Waals surface area contributed by atoms with E-state index in [2.05, 4.69) is 29.8 Å².